The third kappa shape index (κ3) is 3.18. The number of H-pyrrole nitrogens is 1. The highest BCUT2D eigenvalue weighted by atomic mass is 19.1. The van der Waals surface area contributed by atoms with Gasteiger partial charge in [0, 0.05) is 26.3 Å². The van der Waals surface area contributed by atoms with Crippen LogP contribution in [0.4, 0.5) is 4.39 Å². The van der Waals surface area contributed by atoms with Crippen LogP contribution in [0, 0.1) is 5.82 Å². The molecule has 1 saturated heterocycles. The van der Waals surface area contributed by atoms with Crippen LogP contribution in [0.5, 0.6) is 0 Å². The molecular formula is C15H19FN4O3. The molecule has 7 nitrogen and oxygen atoms in total. The van der Waals surface area contributed by atoms with Crippen molar-refractivity contribution in [1.29, 1.82) is 0 Å². The number of halogens is 1. The molecule has 2 aromatic rings. The summed E-state index contributed by atoms with van der Waals surface area (Å²) in [4.78, 5) is 14.5. The average Bonchev–Trinajstić information content (AvgIpc) is 2.92. The van der Waals surface area contributed by atoms with Crippen LogP contribution in [0.3, 0.4) is 0 Å². The van der Waals surface area contributed by atoms with E-state index in [0.29, 0.717) is 30.7 Å². The topological polar surface area (TPSA) is 80.3 Å². The minimum atomic E-state index is -0.518. The first-order valence-corrected chi connectivity index (χ1v) is 7.36. The lowest BCUT2D eigenvalue weighted by atomic mass is 10.0. The van der Waals surface area contributed by atoms with Gasteiger partial charge in [-0.15, -0.1) is 0 Å². The molecule has 1 fully saturated rings. The Labute approximate surface area is 132 Å². The van der Waals surface area contributed by atoms with E-state index in [-0.39, 0.29) is 17.6 Å². The summed E-state index contributed by atoms with van der Waals surface area (Å²) in [6.45, 7) is 4.99. The molecule has 1 atom stereocenters. The normalized spacial score (nSPS) is 20.9. The minimum absolute atomic E-state index is 0.197. The zero-order valence-corrected chi connectivity index (χ0v) is 13.3. The van der Waals surface area contributed by atoms with Gasteiger partial charge < -0.3 is 14.4 Å². The maximum atomic E-state index is 13.8. The lowest BCUT2D eigenvalue weighted by molar-refractivity contribution is -0.143. The lowest BCUT2D eigenvalue weighted by Crippen LogP contribution is -2.55. The first kappa shape index (κ1) is 15.8. The number of hydrogen-bond donors (Lipinski definition) is 1. The molecule has 3 rings (SSSR count). The fraction of sp³-hybridized carbons (Fsp3) is 0.533. The molecule has 0 radical (unpaired) electrons. The van der Waals surface area contributed by atoms with Gasteiger partial charge in [-0.3, -0.25) is 4.79 Å². The van der Waals surface area contributed by atoms with Crippen molar-refractivity contribution in [3.8, 4) is 0 Å². The maximum absolute atomic E-state index is 13.8. The SMILES string of the molecule is COC[C@@H]1CN(C(=O)c2cc(F)cc3n[nH]nc23)CC(C)(C)O1. The van der Waals surface area contributed by atoms with Crippen LogP contribution >= 0.6 is 0 Å². The van der Waals surface area contributed by atoms with Crippen molar-refractivity contribution in [1.82, 2.24) is 20.3 Å². The fourth-order valence-electron chi connectivity index (χ4n) is 2.97. The Kier molecular flexibility index (Phi) is 4.03. The summed E-state index contributed by atoms with van der Waals surface area (Å²) in [5, 5.41) is 10.2. The molecular weight excluding hydrogens is 303 g/mol. The summed E-state index contributed by atoms with van der Waals surface area (Å²) in [7, 11) is 1.59. The van der Waals surface area contributed by atoms with Gasteiger partial charge in [-0.25, -0.2) is 4.39 Å². The van der Waals surface area contributed by atoms with Gasteiger partial charge in [-0.1, -0.05) is 0 Å². The molecule has 124 valence electrons. The highest BCUT2D eigenvalue weighted by Gasteiger charge is 2.36. The molecule has 1 aliphatic heterocycles. The molecule has 0 spiro atoms. The molecule has 23 heavy (non-hydrogen) atoms. The largest absolute Gasteiger partial charge is 0.382 e. The van der Waals surface area contributed by atoms with Crippen LogP contribution in [-0.2, 0) is 9.47 Å². The summed E-state index contributed by atoms with van der Waals surface area (Å²) < 4.78 is 24.8. The van der Waals surface area contributed by atoms with Crippen LogP contribution in [-0.4, -0.2) is 64.7 Å². The Balaban J connectivity index is 1.93. The monoisotopic (exact) mass is 322 g/mol. The molecule has 8 heteroatoms. The Morgan fingerprint density at radius 1 is 1.52 bits per heavy atom. The van der Waals surface area contributed by atoms with E-state index in [1.807, 2.05) is 13.8 Å². The number of morpholine rings is 1. The number of rotatable bonds is 3. The van der Waals surface area contributed by atoms with Gasteiger partial charge in [0.15, 0.2) is 0 Å². The molecule has 2 heterocycles. The molecule has 1 amide bonds. The predicted octanol–water partition coefficient (Wildman–Crippen LogP) is 1.36. The summed E-state index contributed by atoms with van der Waals surface area (Å²) in [6, 6.07) is 2.44. The van der Waals surface area contributed by atoms with Gasteiger partial charge >= 0.3 is 0 Å². The highest BCUT2D eigenvalue weighted by molar-refractivity contribution is 6.04. The molecule has 1 aliphatic rings. The smallest absolute Gasteiger partial charge is 0.256 e. The minimum Gasteiger partial charge on any atom is -0.382 e. The van der Waals surface area contributed by atoms with E-state index in [0.717, 1.165) is 0 Å². The number of fused-ring (bicyclic) bond motifs is 1. The van der Waals surface area contributed by atoms with E-state index in [1.165, 1.54) is 12.1 Å². The number of amides is 1. The number of carbonyl (C=O) groups is 1. The summed E-state index contributed by atoms with van der Waals surface area (Å²) in [6.07, 6.45) is -0.228. The standard InChI is InChI=1S/C15H19FN4O3/c1-15(2)8-20(6-10(23-15)7-22-3)14(21)11-4-9(16)5-12-13(11)18-19-17-12/h4-5,10H,6-8H2,1-3H3,(H,17,18,19)/t10-/m0/s1. The second-order valence-corrected chi connectivity index (χ2v) is 6.29. The summed E-state index contributed by atoms with van der Waals surface area (Å²) >= 11 is 0. The van der Waals surface area contributed by atoms with E-state index >= 15 is 0 Å². The number of hydrogen-bond acceptors (Lipinski definition) is 5. The van der Waals surface area contributed by atoms with E-state index in [2.05, 4.69) is 15.4 Å². The molecule has 1 N–H and O–H groups in total. The van der Waals surface area contributed by atoms with Crippen molar-refractivity contribution in [2.24, 2.45) is 0 Å². The van der Waals surface area contributed by atoms with E-state index in [9.17, 15) is 9.18 Å². The molecule has 0 saturated carbocycles. The Bertz CT molecular complexity index is 731. The van der Waals surface area contributed by atoms with Gasteiger partial charge in [0.2, 0.25) is 0 Å². The average molecular weight is 322 g/mol. The van der Waals surface area contributed by atoms with Crippen LogP contribution in [0.2, 0.25) is 0 Å². The summed E-state index contributed by atoms with van der Waals surface area (Å²) in [5.41, 5.74) is 0.383. The maximum Gasteiger partial charge on any atom is 0.256 e. The van der Waals surface area contributed by atoms with Crippen molar-refractivity contribution >= 4 is 16.9 Å². The number of carbonyl (C=O) groups excluding carboxylic acids is 1. The number of aromatic nitrogens is 3. The van der Waals surface area contributed by atoms with Crippen molar-refractivity contribution in [2.75, 3.05) is 26.8 Å². The molecule has 0 aliphatic carbocycles. The van der Waals surface area contributed by atoms with Gasteiger partial charge in [-0.2, -0.15) is 15.4 Å². The third-order valence-corrected chi connectivity index (χ3v) is 3.74. The quantitative estimate of drug-likeness (QED) is 0.923. The molecule has 0 bridgehead atoms. The van der Waals surface area contributed by atoms with Crippen LogP contribution < -0.4 is 0 Å². The number of benzene rings is 1. The van der Waals surface area contributed by atoms with Crippen molar-refractivity contribution in [3.05, 3.63) is 23.5 Å². The van der Waals surface area contributed by atoms with E-state index in [4.69, 9.17) is 9.47 Å². The van der Waals surface area contributed by atoms with E-state index in [1.54, 1.807) is 12.0 Å². The van der Waals surface area contributed by atoms with Gasteiger partial charge in [0.05, 0.1) is 23.9 Å². The second kappa shape index (κ2) is 5.86. The number of ether oxygens (including phenoxy) is 2. The number of aromatic amines is 1. The Morgan fingerprint density at radius 3 is 3.04 bits per heavy atom. The predicted molar refractivity (Wildman–Crippen MR) is 80.6 cm³/mol. The Morgan fingerprint density at radius 2 is 2.30 bits per heavy atom. The fourth-order valence-corrected chi connectivity index (χ4v) is 2.97. The lowest BCUT2D eigenvalue weighted by Gasteiger charge is -2.42. The zero-order valence-electron chi connectivity index (χ0n) is 13.3. The van der Waals surface area contributed by atoms with Crippen LogP contribution in [0.25, 0.3) is 11.0 Å². The van der Waals surface area contributed by atoms with Gasteiger partial charge in [0.1, 0.15) is 16.9 Å². The van der Waals surface area contributed by atoms with Crippen molar-refractivity contribution < 1.29 is 18.7 Å². The van der Waals surface area contributed by atoms with E-state index < -0.39 is 11.4 Å². The molecule has 0 unspecified atom stereocenters. The van der Waals surface area contributed by atoms with Crippen LogP contribution in [0.1, 0.15) is 24.2 Å². The zero-order chi connectivity index (χ0) is 16.6. The van der Waals surface area contributed by atoms with Gasteiger partial charge in [0.25, 0.3) is 5.91 Å². The number of nitrogens with zero attached hydrogens (tertiary/aromatic N) is 3. The Hall–Kier alpha value is -2.06. The summed E-state index contributed by atoms with van der Waals surface area (Å²) in [5.74, 6) is -0.809. The first-order valence-electron chi connectivity index (χ1n) is 7.36. The first-order chi connectivity index (χ1) is 10.9. The van der Waals surface area contributed by atoms with Crippen molar-refractivity contribution in [3.63, 3.8) is 0 Å². The van der Waals surface area contributed by atoms with Gasteiger partial charge in [-0.05, 0) is 19.9 Å². The molecule has 1 aromatic heterocycles. The number of methoxy groups -OCH3 is 1. The van der Waals surface area contributed by atoms with Crippen LogP contribution in [0.15, 0.2) is 12.1 Å². The number of nitrogens with one attached hydrogen (secondary N) is 1. The third-order valence-electron chi connectivity index (χ3n) is 3.74. The highest BCUT2D eigenvalue weighted by Crippen LogP contribution is 2.25. The second-order valence-electron chi connectivity index (χ2n) is 6.29. The van der Waals surface area contributed by atoms with Crippen molar-refractivity contribution in [2.45, 2.75) is 25.6 Å². The molecule has 1 aromatic carbocycles.